The summed E-state index contributed by atoms with van der Waals surface area (Å²) < 4.78 is 0. The molecule has 0 heterocycles. The van der Waals surface area contributed by atoms with E-state index in [0.717, 1.165) is 18.7 Å². The third-order valence-corrected chi connectivity index (χ3v) is 4.27. The van der Waals surface area contributed by atoms with E-state index in [0.29, 0.717) is 0 Å². The number of amides is 2. The number of carbonyl (C=O) groups excluding carboxylic acids is 1. The predicted molar refractivity (Wildman–Crippen MR) is 105 cm³/mol. The standard InChI is InChI=1S/C21H29N3O/c1-3-4-6-14-20(23-16-17-10-7-5-8-11-17)18-12-9-13-19(15-18)24-21(25)22-2/h5,7-13,15,20,23H,3-4,6,14,16H2,1-2H3,(H2,22,24,25). The Morgan fingerprint density at radius 3 is 2.56 bits per heavy atom. The van der Waals surface area contributed by atoms with Crippen molar-refractivity contribution in [1.29, 1.82) is 0 Å². The van der Waals surface area contributed by atoms with E-state index < -0.39 is 0 Å². The van der Waals surface area contributed by atoms with Gasteiger partial charge in [-0.3, -0.25) is 0 Å². The molecule has 2 amide bonds. The lowest BCUT2D eigenvalue weighted by atomic mass is 9.99. The van der Waals surface area contributed by atoms with Crippen LogP contribution in [0.15, 0.2) is 54.6 Å². The van der Waals surface area contributed by atoms with Crippen molar-refractivity contribution in [2.45, 2.75) is 45.2 Å². The highest BCUT2D eigenvalue weighted by atomic mass is 16.2. The second-order valence-corrected chi connectivity index (χ2v) is 6.24. The van der Waals surface area contributed by atoms with E-state index in [-0.39, 0.29) is 12.1 Å². The number of benzene rings is 2. The molecular formula is C21H29N3O. The van der Waals surface area contributed by atoms with Gasteiger partial charge >= 0.3 is 6.03 Å². The number of rotatable bonds is 9. The lowest BCUT2D eigenvalue weighted by Crippen LogP contribution is -2.25. The molecule has 0 aliphatic rings. The lowest BCUT2D eigenvalue weighted by molar-refractivity contribution is 0.254. The summed E-state index contributed by atoms with van der Waals surface area (Å²) in [7, 11) is 1.62. The number of unbranched alkanes of at least 4 members (excludes halogenated alkanes) is 2. The van der Waals surface area contributed by atoms with Gasteiger partial charge in [0.15, 0.2) is 0 Å². The zero-order valence-corrected chi connectivity index (χ0v) is 15.2. The summed E-state index contributed by atoms with van der Waals surface area (Å²) in [4.78, 5) is 11.5. The third-order valence-electron chi connectivity index (χ3n) is 4.27. The first kappa shape index (κ1) is 19.0. The van der Waals surface area contributed by atoms with E-state index in [1.807, 2.05) is 18.2 Å². The summed E-state index contributed by atoms with van der Waals surface area (Å²) in [6.07, 6.45) is 4.73. The van der Waals surface area contributed by atoms with Crippen LogP contribution in [0.25, 0.3) is 0 Å². The van der Waals surface area contributed by atoms with Crippen molar-refractivity contribution in [2.24, 2.45) is 0 Å². The van der Waals surface area contributed by atoms with Crippen molar-refractivity contribution in [3.05, 3.63) is 65.7 Å². The van der Waals surface area contributed by atoms with Crippen molar-refractivity contribution in [3.8, 4) is 0 Å². The number of nitrogens with one attached hydrogen (secondary N) is 3. The summed E-state index contributed by atoms with van der Waals surface area (Å²) >= 11 is 0. The largest absolute Gasteiger partial charge is 0.341 e. The minimum Gasteiger partial charge on any atom is -0.341 e. The average Bonchev–Trinajstić information content (AvgIpc) is 2.65. The molecule has 0 bridgehead atoms. The minimum atomic E-state index is -0.197. The van der Waals surface area contributed by atoms with Crippen LogP contribution in [0.5, 0.6) is 0 Å². The van der Waals surface area contributed by atoms with Gasteiger partial charge in [-0.15, -0.1) is 0 Å². The maximum Gasteiger partial charge on any atom is 0.318 e. The molecule has 2 aromatic rings. The first-order valence-corrected chi connectivity index (χ1v) is 9.09. The van der Waals surface area contributed by atoms with Gasteiger partial charge in [-0.1, -0.05) is 68.7 Å². The van der Waals surface area contributed by atoms with E-state index in [4.69, 9.17) is 0 Å². The predicted octanol–water partition coefficient (Wildman–Crippen LogP) is 4.85. The first-order valence-electron chi connectivity index (χ1n) is 9.09. The molecule has 4 heteroatoms. The topological polar surface area (TPSA) is 53.2 Å². The molecule has 1 atom stereocenters. The van der Waals surface area contributed by atoms with Gasteiger partial charge < -0.3 is 16.0 Å². The normalized spacial score (nSPS) is 11.8. The highest BCUT2D eigenvalue weighted by Gasteiger charge is 2.12. The Labute approximate surface area is 151 Å². The fourth-order valence-corrected chi connectivity index (χ4v) is 2.85. The first-order chi connectivity index (χ1) is 12.2. The van der Waals surface area contributed by atoms with Gasteiger partial charge in [-0.2, -0.15) is 0 Å². The van der Waals surface area contributed by atoms with Gasteiger partial charge in [-0.05, 0) is 29.7 Å². The number of hydrogen-bond donors (Lipinski definition) is 3. The Hall–Kier alpha value is -2.33. The summed E-state index contributed by atoms with van der Waals surface area (Å²) in [6.45, 7) is 3.06. The van der Waals surface area contributed by atoms with Crippen molar-refractivity contribution in [1.82, 2.24) is 10.6 Å². The molecule has 0 saturated heterocycles. The summed E-state index contributed by atoms with van der Waals surface area (Å²) in [5.74, 6) is 0. The van der Waals surface area contributed by atoms with E-state index in [1.165, 1.54) is 30.4 Å². The molecule has 4 nitrogen and oxygen atoms in total. The number of urea groups is 1. The molecule has 1 unspecified atom stereocenters. The molecule has 0 radical (unpaired) electrons. The monoisotopic (exact) mass is 339 g/mol. The highest BCUT2D eigenvalue weighted by molar-refractivity contribution is 5.89. The Morgan fingerprint density at radius 1 is 1.04 bits per heavy atom. The van der Waals surface area contributed by atoms with E-state index in [1.54, 1.807) is 7.05 Å². The second kappa shape index (κ2) is 10.5. The van der Waals surface area contributed by atoms with Gasteiger partial charge in [0, 0.05) is 25.3 Å². The van der Waals surface area contributed by atoms with Crippen LogP contribution in [0, 0.1) is 0 Å². The molecule has 0 spiro atoms. The molecule has 2 rings (SSSR count). The maximum absolute atomic E-state index is 11.5. The van der Waals surface area contributed by atoms with Crippen LogP contribution in [0.2, 0.25) is 0 Å². The lowest BCUT2D eigenvalue weighted by Gasteiger charge is -2.20. The van der Waals surface area contributed by atoms with Crippen molar-refractivity contribution < 1.29 is 4.79 Å². The van der Waals surface area contributed by atoms with Crippen LogP contribution in [0.4, 0.5) is 10.5 Å². The molecule has 134 valence electrons. The Morgan fingerprint density at radius 2 is 1.84 bits per heavy atom. The Bertz CT molecular complexity index is 643. The number of hydrogen-bond acceptors (Lipinski definition) is 2. The Balaban J connectivity index is 2.07. The smallest absolute Gasteiger partial charge is 0.318 e. The molecule has 2 aromatic carbocycles. The molecule has 0 aliphatic heterocycles. The van der Waals surface area contributed by atoms with E-state index in [2.05, 4.69) is 59.3 Å². The van der Waals surface area contributed by atoms with Crippen LogP contribution in [-0.4, -0.2) is 13.1 Å². The van der Waals surface area contributed by atoms with Crippen LogP contribution in [-0.2, 0) is 6.54 Å². The average molecular weight is 339 g/mol. The van der Waals surface area contributed by atoms with Crippen LogP contribution < -0.4 is 16.0 Å². The van der Waals surface area contributed by atoms with Crippen LogP contribution >= 0.6 is 0 Å². The molecule has 25 heavy (non-hydrogen) atoms. The van der Waals surface area contributed by atoms with E-state index in [9.17, 15) is 4.79 Å². The molecule has 0 saturated carbocycles. The minimum absolute atomic E-state index is 0.197. The molecular weight excluding hydrogens is 310 g/mol. The fraction of sp³-hybridized carbons (Fsp3) is 0.381. The number of anilines is 1. The van der Waals surface area contributed by atoms with Crippen molar-refractivity contribution >= 4 is 11.7 Å². The summed E-state index contributed by atoms with van der Waals surface area (Å²) in [5.41, 5.74) is 3.31. The SMILES string of the molecule is CCCCCC(NCc1ccccc1)c1cccc(NC(=O)NC)c1. The molecule has 3 N–H and O–H groups in total. The van der Waals surface area contributed by atoms with Gasteiger partial charge in [-0.25, -0.2) is 4.79 Å². The zero-order valence-electron chi connectivity index (χ0n) is 15.2. The highest BCUT2D eigenvalue weighted by Crippen LogP contribution is 2.23. The van der Waals surface area contributed by atoms with Gasteiger partial charge in [0.1, 0.15) is 0 Å². The van der Waals surface area contributed by atoms with Crippen LogP contribution in [0.3, 0.4) is 0 Å². The number of carbonyl (C=O) groups is 1. The fourth-order valence-electron chi connectivity index (χ4n) is 2.85. The van der Waals surface area contributed by atoms with Crippen LogP contribution in [0.1, 0.15) is 49.8 Å². The maximum atomic E-state index is 11.5. The van der Waals surface area contributed by atoms with Crippen molar-refractivity contribution in [3.63, 3.8) is 0 Å². The second-order valence-electron chi connectivity index (χ2n) is 6.24. The molecule has 0 aromatic heterocycles. The quantitative estimate of drug-likeness (QED) is 0.572. The summed E-state index contributed by atoms with van der Waals surface area (Å²) in [6, 6.07) is 18.6. The van der Waals surface area contributed by atoms with Gasteiger partial charge in [0.05, 0.1) is 0 Å². The van der Waals surface area contributed by atoms with Gasteiger partial charge in [0.2, 0.25) is 0 Å². The van der Waals surface area contributed by atoms with Gasteiger partial charge in [0.25, 0.3) is 0 Å². The molecule has 0 aliphatic carbocycles. The summed E-state index contributed by atoms with van der Waals surface area (Å²) in [5, 5.41) is 9.11. The van der Waals surface area contributed by atoms with E-state index >= 15 is 0 Å². The Kier molecular flexibility index (Phi) is 7.99. The molecule has 0 fully saturated rings. The van der Waals surface area contributed by atoms with Crippen molar-refractivity contribution in [2.75, 3.05) is 12.4 Å². The zero-order chi connectivity index (χ0) is 17.9. The third kappa shape index (κ3) is 6.59.